The highest BCUT2D eigenvalue weighted by atomic mass is 19.2. The number of aromatic amines is 1. The van der Waals surface area contributed by atoms with Crippen LogP contribution in [0, 0.1) is 31.3 Å². The molecule has 0 spiro atoms. The minimum atomic E-state index is -1.53. The van der Waals surface area contributed by atoms with Gasteiger partial charge in [0.15, 0.2) is 17.5 Å². The largest absolute Gasteiger partial charge is 0.378 e. The number of aryl methyl sites for hydroxylation is 2. The van der Waals surface area contributed by atoms with Gasteiger partial charge in [0.05, 0.1) is 17.3 Å². The van der Waals surface area contributed by atoms with E-state index in [1.54, 1.807) is 20.8 Å². The van der Waals surface area contributed by atoms with Gasteiger partial charge in [-0.3, -0.25) is 4.79 Å². The number of anilines is 1. The molecule has 0 saturated carbocycles. The second-order valence-electron chi connectivity index (χ2n) is 4.77. The van der Waals surface area contributed by atoms with Crippen LogP contribution < -0.4 is 10.9 Å². The minimum absolute atomic E-state index is 0.0401. The lowest BCUT2D eigenvalue weighted by atomic mass is 10.1. The molecular weight excluding hydrogens is 283 g/mol. The Morgan fingerprint density at radius 2 is 1.76 bits per heavy atom. The van der Waals surface area contributed by atoms with Crippen molar-refractivity contribution in [3.05, 3.63) is 57.0 Å². The molecule has 1 aromatic carbocycles. The van der Waals surface area contributed by atoms with E-state index in [9.17, 15) is 18.0 Å². The Morgan fingerprint density at radius 3 is 2.29 bits per heavy atom. The molecule has 21 heavy (non-hydrogen) atoms. The first kappa shape index (κ1) is 15.1. The number of benzene rings is 1. The van der Waals surface area contributed by atoms with Crippen molar-refractivity contribution >= 4 is 5.69 Å². The Bertz CT molecular complexity index is 720. The van der Waals surface area contributed by atoms with Crippen LogP contribution in [0.2, 0.25) is 0 Å². The molecule has 0 aliphatic rings. The molecule has 1 unspecified atom stereocenters. The van der Waals surface area contributed by atoms with Crippen LogP contribution >= 0.6 is 0 Å². The molecule has 112 valence electrons. The monoisotopic (exact) mass is 297 g/mol. The van der Waals surface area contributed by atoms with Crippen molar-refractivity contribution in [2.24, 2.45) is 0 Å². The average Bonchev–Trinajstić information content (AvgIpc) is 2.34. The summed E-state index contributed by atoms with van der Waals surface area (Å²) in [6.45, 7) is 4.97. The SMILES string of the molecule is Cc1nc(C)c(C(C)Nc2cc(F)c(F)c(F)c2)c(=O)[nH]1. The Labute approximate surface area is 119 Å². The van der Waals surface area contributed by atoms with Gasteiger partial charge in [0, 0.05) is 17.8 Å². The van der Waals surface area contributed by atoms with Gasteiger partial charge in [-0.2, -0.15) is 0 Å². The van der Waals surface area contributed by atoms with Crippen LogP contribution in [0.3, 0.4) is 0 Å². The van der Waals surface area contributed by atoms with E-state index < -0.39 is 23.5 Å². The fourth-order valence-corrected chi connectivity index (χ4v) is 2.21. The van der Waals surface area contributed by atoms with E-state index in [1.807, 2.05) is 0 Å². The standard InChI is InChI=1S/C14H14F3N3O/c1-6-12(14(21)20-8(3)18-6)7(2)19-9-4-10(15)13(17)11(16)5-9/h4-5,7,19H,1-3H3,(H,18,20,21). The Kier molecular flexibility index (Phi) is 4.02. The fourth-order valence-electron chi connectivity index (χ4n) is 2.21. The molecule has 0 radical (unpaired) electrons. The summed E-state index contributed by atoms with van der Waals surface area (Å²) in [4.78, 5) is 18.6. The highest BCUT2D eigenvalue weighted by Crippen LogP contribution is 2.22. The van der Waals surface area contributed by atoms with E-state index in [0.717, 1.165) is 12.1 Å². The molecule has 1 aromatic heterocycles. The van der Waals surface area contributed by atoms with Gasteiger partial charge in [-0.25, -0.2) is 18.2 Å². The zero-order chi connectivity index (χ0) is 15.7. The summed E-state index contributed by atoms with van der Waals surface area (Å²) in [6, 6.07) is 1.12. The molecule has 0 saturated heterocycles. The normalized spacial score (nSPS) is 12.3. The quantitative estimate of drug-likeness (QED) is 0.856. The van der Waals surface area contributed by atoms with Crippen molar-refractivity contribution in [3.8, 4) is 0 Å². The van der Waals surface area contributed by atoms with Gasteiger partial charge in [-0.15, -0.1) is 0 Å². The van der Waals surface area contributed by atoms with E-state index >= 15 is 0 Å². The van der Waals surface area contributed by atoms with Gasteiger partial charge in [-0.1, -0.05) is 0 Å². The number of hydrogen-bond acceptors (Lipinski definition) is 3. The Hall–Kier alpha value is -2.31. The number of nitrogens with one attached hydrogen (secondary N) is 2. The molecule has 0 aliphatic heterocycles. The molecule has 1 atom stereocenters. The van der Waals surface area contributed by atoms with Crippen molar-refractivity contribution in [3.63, 3.8) is 0 Å². The number of halogens is 3. The third-order valence-electron chi connectivity index (χ3n) is 3.06. The first-order valence-corrected chi connectivity index (χ1v) is 6.28. The molecule has 4 nitrogen and oxygen atoms in total. The Balaban J connectivity index is 2.35. The smallest absolute Gasteiger partial charge is 0.256 e. The lowest BCUT2D eigenvalue weighted by molar-refractivity contribution is 0.447. The third-order valence-corrected chi connectivity index (χ3v) is 3.06. The molecule has 2 aromatic rings. The summed E-state index contributed by atoms with van der Waals surface area (Å²) in [5.74, 6) is -3.64. The summed E-state index contributed by atoms with van der Waals surface area (Å²) in [5.41, 5.74) is 0.575. The summed E-state index contributed by atoms with van der Waals surface area (Å²) in [6.07, 6.45) is 0. The summed E-state index contributed by atoms with van der Waals surface area (Å²) in [5, 5.41) is 2.76. The van der Waals surface area contributed by atoms with Crippen LogP contribution in [0.15, 0.2) is 16.9 Å². The maximum Gasteiger partial charge on any atom is 0.256 e. The topological polar surface area (TPSA) is 57.8 Å². The zero-order valence-corrected chi connectivity index (χ0v) is 11.7. The summed E-state index contributed by atoms with van der Waals surface area (Å²) < 4.78 is 39.2. The molecular formula is C14H14F3N3O. The molecule has 0 fully saturated rings. The highest BCUT2D eigenvalue weighted by Gasteiger charge is 2.17. The van der Waals surface area contributed by atoms with E-state index in [4.69, 9.17) is 0 Å². The zero-order valence-electron chi connectivity index (χ0n) is 11.7. The van der Waals surface area contributed by atoms with E-state index in [-0.39, 0.29) is 11.2 Å². The highest BCUT2D eigenvalue weighted by molar-refractivity contribution is 5.46. The second kappa shape index (κ2) is 5.59. The Morgan fingerprint density at radius 1 is 1.19 bits per heavy atom. The number of nitrogens with zero attached hydrogens (tertiary/aromatic N) is 1. The maximum absolute atomic E-state index is 13.2. The van der Waals surface area contributed by atoms with Crippen molar-refractivity contribution in [2.75, 3.05) is 5.32 Å². The van der Waals surface area contributed by atoms with Gasteiger partial charge in [-0.05, 0) is 20.8 Å². The summed E-state index contributed by atoms with van der Waals surface area (Å²) in [7, 11) is 0. The van der Waals surface area contributed by atoms with Crippen LogP contribution in [-0.2, 0) is 0 Å². The molecule has 2 N–H and O–H groups in total. The number of hydrogen-bond donors (Lipinski definition) is 2. The van der Waals surface area contributed by atoms with Gasteiger partial charge >= 0.3 is 0 Å². The first-order chi connectivity index (χ1) is 9.79. The second-order valence-corrected chi connectivity index (χ2v) is 4.77. The van der Waals surface area contributed by atoms with Crippen LogP contribution in [-0.4, -0.2) is 9.97 Å². The van der Waals surface area contributed by atoms with E-state index in [0.29, 0.717) is 17.1 Å². The first-order valence-electron chi connectivity index (χ1n) is 6.28. The van der Waals surface area contributed by atoms with Crippen molar-refractivity contribution in [2.45, 2.75) is 26.8 Å². The van der Waals surface area contributed by atoms with Crippen LogP contribution in [0.4, 0.5) is 18.9 Å². The molecule has 1 heterocycles. The molecule has 0 amide bonds. The minimum Gasteiger partial charge on any atom is -0.378 e. The molecule has 0 aliphatic carbocycles. The third kappa shape index (κ3) is 3.07. The van der Waals surface area contributed by atoms with Gasteiger partial charge in [0.2, 0.25) is 0 Å². The van der Waals surface area contributed by atoms with Gasteiger partial charge < -0.3 is 10.3 Å². The van der Waals surface area contributed by atoms with E-state index in [1.165, 1.54) is 0 Å². The van der Waals surface area contributed by atoms with Crippen molar-refractivity contribution in [1.29, 1.82) is 0 Å². The average molecular weight is 297 g/mol. The van der Waals surface area contributed by atoms with Crippen LogP contribution in [0.1, 0.15) is 30.0 Å². The predicted molar refractivity (Wildman–Crippen MR) is 72.7 cm³/mol. The molecule has 2 rings (SSSR count). The molecule has 7 heteroatoms. The maximum atomic E-state index is 13.2. The predicted octanol–water partition coefficient (Wildman–Crippen LogP) is 2.98. The van der Waals surface area contributed by atoms with Crippen LogP contribution in [0.5, 0.6) is 0 Å². The number of rotatable bonds is 3. The lowest BCUT2D eigenvalue weighted by Crippen LogP contribution is -2.23. The van der Waals surface area contributed by atoms with Gasteiger partial charge in [0.1, 0.15) is 5.82 Å². The summed E-state index contributed by atoms with van der Waals surface area (Å²) >= 11 is 0. The lowest BCUT2D eigenvalue weighted by Gasteiger charge is -2.17. The van der Waals surface area contributed by atoms with E-state index in [2.05, 4.69) is 15.3 Å². The number of aromatic nitrogens is 2. The van der Waals surface area contributed by atoms with Crippen molar-refractivity contribution < 1.29 is 13.2 Å². The number of H-pyrrole nitrogens is 1. The van der Waals surface area contributed by atoms with Crippen molar-refractivity contribution in [1.82, 2.24) is 9.97 Å². The van der Waals surface area contributed by atoms with Gasteiger partial charge in [0.25, 0.3) is 5.56 Å². The molecule has 0 bridgehead atoms. The van der Waals surface area contributed by atoms with Crippen LogP contribution in [0.25, 0.3) is 0 Å². The fraction of sp³-hybridized carbons (Fsp3) is 0.286.